The lowest BCUT2D eigenvalue weighted by Gasteiger charge is -2.21. The normalized spacial score (nSPS) is 30.6. The van der Waals surface area contributed by atoms with Gasteiger partial charge in [-0.1, -0.05) is 30.7 Å². The summed E-state index contributed by atoms with van der Waals surface area (Å²) in [6.07, 6.45) is 4.98. The molecule has 0 amide bonds. The molecule has 23 heavy (non-hydrogen) atoms. The molecular weight excluding hydrogens is 288 g/mol. The second kappa shape index (κ2) is 6.88. The van der Waals surface area contributed by atoms with E-state index in [-0.39, 0.29) is 12.0 Å². The molecule has 0 saturated heterocycles. The fourth-order valence-electron chi connectivity index (χ4n) is 4.10. The third kappa shape index (κ3) is 3.35. The number of allylic oxidation sites excluding steroid dienone is 2. The third-order valence-electron chi connectivity index (χ3n) is 5.51. The summed E-state index contributed by atoms with van der Waals surface area (Å²) in [5.74, 6) is 2.10. The zero-order chi connectivity index (χ0) is 16.4. The van der Waals surface area contributed by atoms with Crippen molar-refractivity contribution in [1.29, 1.82) is 0 Å². The third-order valence-corrected chi connectivity index (χ3v) is 5.51. The number of benzene rings is 1. The Balaban J connectivity index is 1.65. The minimum atomic E-state index is 0.148. The zero-order valence-electron chi connectivity index (χ0n) is 14.2. The Kier molecular flexibility index (Phi) is 4.86. The van der Waals surface area contributed by atoms with E-state index in [0.29, 0.717) is 30.6 Å². The maximum absolute atomic E-state index is 12.4. The van der Waals surface area contributed by atoms with Gasteiger partial charge in [0.15, 0.2) is 0 Å². The summed E-state index contributed by atoms with van der Waals surface area (Å²) in [6, 6.07) is 7.98. The lowest BCUT2D eigenvalue weighted by molar-refractivity contribution is -0.125. The molecule has 0 N–H and O–H groups in total. The molecule has 124 valence electrons. The molecule has 0 radical (unpaired) electrons. The first-order valence-corrected chi connectivity index (χ1v) is 8.54. The molecule has 1 saturated carbocycles. The molecule has 4 atom stereocenters. The van der Waals surface area contributed by atoms with Gasteiger partial charge in [0.2, 0.25) is 0 Å². The number of hydrogen-bond acceptors (Lipinski definition) is 3. The Morgan fingerprint density at radius 2 is 1.96 bits per heavy atom. The van der Waals surface area contributed by atoms with Crippen molar-refractivity contribution < 1.29 is 14.3 Å². The van der Waals surface area contributed by atoms with E-state index in [1.807, 2.05) is 24.3 Å². The Morgan fingerprint density at radius 3 is 2.65 bits per heavy atom. The van der Waals surface area contributed by atoms with E-state index >= 15 is 0 Å². The maximum atomic E-state index is 12.4. The number of Topliss-reactive ketones (excluding diaryl/α,β-unsaturated/α-hetero) is 1. The van der Waals surface area contributed by atoms with E-state index in [1.165, 1.54) is 5.57 Å². The van der Waals surface area contributed by atoms with Crippen LogP contribution in [0.3, 0.4) is 0 Å². The molecule has 3 heteroatoms. The monoisotopic (exact) mass is 314 g/mol. The molecular formula is C20H26O3. The molecule has 1 aromatic rings. The number of ketones is 1. The van der Waals surface area contributed by atoms with E-state index in [4.69, 9.17) is 9.47 Å². The Morgan fingerprint density at radius 1 is 1.22 bits per heavy atom. The number of hydrogen-bond donors (Lipinski definition) is 0. The molecule has 1 fully saturated rings. The fourth-order valence-corrected chi connectivity index (χ4v) is 4.10. The van der Waals surface area contributed by atoms with Crippen LogP contribution in [0.2, 0.25) is 0 Å². The summed E-state index contributed by atoms with van der Waals surface area (Å²) in [5.41, 5.74) is 2.52. The van der Waals surface area contributed by atoms with Crippen LogP contribution in [0.25, 0.3) is 0 Å². The van der Waals surface area contributed by atoms with Crippen molar-refractivity contribution in [1.82, 2.24) is 0 Å². The summed E-state index contributed by atoms with van der Waals surface area (Å²) in [4.78, 5) is 12.4. The van der Waals surface area contributed by atoms with Crippen LogP contribution < -0.4 is 4.74 Å². The molecule has 2 aliphatic carbocycles. The minimum absolute atomic E-state index is 0.148. The van der Waals surface area contributed by atoms with Crippen LogP contribution in [0, 0.1) is 17.8 Å². The van der Waals surface area contributed by atoms with Gasteiger partial charge in [-0.3, -0.25) is 4.79 Å². The van der Waals surface area contributed by atoms with Crippen LogP contribution in [0.4, 0.5) is 0 Å². The predicted octanol–water partition coefficient (Wildman–Crippen LogP) is 4.16. The van der Waals surface area contributed by atoms with E-state index < -0.39 is 0 Å². The first-order valence-electron chi connectivity index (χ1n) is 8.54. The molecule has 0 aliphatic heterocycles. The smallest absolute Gasteiger partial charge is 0.137 e. The Labute approximate surface area is 138 Å². The summed E-state index contributed by atoms with van der Waals surface area (Å²) in [5, 5.41) is 0. The highest BCUT2D eigenvalue weighted by Crippen LogP contribution is 2.45. The van der Waals surface area contributed by atoms with Crippen molar-refractivity contribution in [3.05, 3.63) is 41.5 Å². The first kappa shape index (κ1) is 16.3. The van der Waals surface area contributed by atoms with Gasteiger partial charge in [-0.05, 0) is 49.3 Å². The van der Waals surface area contributed by atoms with Crippen molar-refractivity contribution in [2.75, 3.05) is 7.11 Å². The van der Waals surface area contributed by atoms with Crippen molar-refractivity contribution in [2.24, 2.45) is 17.8 Å². The van der Waals surface area contributed by atoms with Crippen LogP contribution in [-0.4, -0.2) is 19.0 Å². The number of rotatable bonds is 4. The van der Waals surface area contributed by atoms with Gasteiger partial charge in [0.1, 0.15) is 11.5 Å². The van der Waals surface area contributed by atoms with Crippen LogP contribution in [0.15, 0.2) is 35.9 Å². The van der Waals surface area contributed by atoms with Crippen molar-refractivity contribution >= 4 is 5.78 Å². The summed E-state index contributed by atoms with van der Waals surface area (Å²) >= 11 is 0. The van der Waals surface area contributed by atoms with Gasteiger partial charge < -0.3 is 9.47 Å². The number of carbonyl (C=O) groups is 1. The SMILES string of the molecule is COc1ccc(CO[C@H]2C[C@@H]3C(C)=CCCC(=O)[C@@H]3[C@H]2C)cc1. The van der Waals surface area contributed by atoms with Crippen LogP contribution in [0.1, 0.15) is 38.7 Å². The highest BCUT2D eigenvalue weighted by atomic mass is 16.5. The Hall–Kier alpha value is -1.61. The molecule has 0 aromatic heterocycles. The van der Waals surface area contributed by atoms with Crippen molar-refractivity contribution in [2.45, 2.75) is 45.8 Å². The predicted molar refractivity (Wildman–Crippen MR) is 90.3 cm³/mol. The molecule has 0 heterocycles. The summed E-state index contributed by atoms with van der Waals surface area (Å²) in [7, 11) is 1.67. The van der Waals surface area contributed by atoms with Gasteiger partial charge in [0, 0.05) is 12.3 Å². The number of carbonyl (C=O) groups excluding carboxylic acids is 1. The maximum Gasteiger partial charge on any atom is 0.137 e. The van der Waals surface area contributed by atoms with Gasteiger partial charge in [0.25, 0.3) is 0 Å². The minimum Gasteiger partial charge on any atom is -0.497 e. The molecule has 3 rings (SSSR count). The van der Waals surface area contributed by atoms with Crippen molar-refractivity contribution in [3.63, 3.8) is 0 Å². The molecule has 1 aromatic carbocycles. The van der Waals surface area contributed by atoms with Gasteiger partial charge >= 0.3 is 0 Å². The second-order valence-corrected chi connectivity index (χ2v) is 6.88. The molecule has 0 bridgehead atoms. The van der Waals surface area contributed by atoms with Crippen LogP contribution in [-0.2, 0) is 16.1 Å². The number of fused-ring (bicyclic) bond motifs is 1. The lowest BCUT2D eigenvalue weighted by Crippen LogP contribution is -2.26. The van der Waals surface area contributed by atoms with Gasteiger partial charge in [-0.25, -0.2) is 0 Å². The van der Waals surface area contributed by atoms with Crippen LogP contribution >= 0.6 is 0 Å². The molecule has 0 unspecified atom stereocenters. The molecule has 3 nitrogen and oxygen atoms in total. The summed E-state index contributed by atoms with van der Waals surface area (Å²) < 4.78 is 11.4. The highest BCUT2D eigenvalue weighted by molar-refractivity contribution is 5.83. The van der Waals surface area contributed by atoms with E-state index in [1.54, 1.807) is 7.11 Å². The molecule has 2 aliphatic rings. The molecule has 0 spiro atoms. The van der Waals surface area contributed by atoms with Crippen molar-refractivity contribution in [3.8, 4) is 5.75 Å². The topological polar surface area (TPSA) is 35.5 Å². The number of methoxy groups -OCH3 is 1. The standard InChI is InChI=1S/C20H26O3/c1-13-5-4-6-18(21)20-14(2)19(11-17(13)20)23-12-15-7-9-16(22-3)10-8-15/h5,7-10,14,17,19-20H,4,6,11-12H2,1-3H3/t14-,17+,19-,20+/m0/s1. The first-order chi connectivity index (χ1) is 11.1. The van der Waals surface area contributed by atoms with E-state index in [2.05, 4.69) is 19.9 Å². The quantitative estimate of drug-likeness (QED) is 0.783. The lowest BCUT2D eigenvalue weighted by atomic mass is 9.83. The van der Waals surface area contributed by atoms with E-state index in [0.717, 1.165) is 24.2 Å². The van der Waals surface area contributed by atoms with Gasteiger partial charge in [0.05, 0.1) is 19.8 Å². The van der Waals surface area contributed by atoms with Crippen LogP contribution in [0.5, 0.6) is 5.75 Å². The Bertz CT molecular complexity index is 587. The summed E-state index contributed by atoms with van der Waals surface area (Å²) in [6.45, 7) is 4.95. The van der Waals surface area contributed by atoms with Gasteiger partial charge in [-0.15, -0.1) is 0 Å². The van der Waals surface area contributed by atoms with E-state index in [9.17, 15) is 4.79 Å². The highest BCUT2D eigenvalue weighted by Gasteiger charge is 2.45. The second-order valence-electron chi connectivity index (χ2n) is 6.88. The zero-order valence-corrected chi connectivity index (χ0v) is 14.2. The fraction of sp³-hybridized carbons (Fsp3) is 0.550. The average molecular weight is 314 g/mol. The van der Waals surface area contributed by atoms with Gasteiger partial charge in [-0.2, -0.15) is 0 Å². The average Bonchev–Trinajstić information content (AvgIpc) is 2.82. The largest absolute Gasteiger partial charge is 0.497 e. The number of ether oxygens (including phenoxy) is 2.